The quantitative estimate of drug-likeness (QED) is 0.0155. The van der Waals surface area contributed by atoms with E-state index in [0.717, 1.165) is 12.5 Å². The Morgan fingerprint density at radius 2 is 1.08 bits per heavy atom. The normalized spacial score (nSPS) is 21.0. The van der Waals surface area contributed by atoms with Crippen LogP contribution in [-0.2, 0) is 61.9 Å². The smallest absolute Gasteiger partial charge is 0.370 e. The van der Waals surface area contributed by atoms with E-state index < -0.39 is 134 Å². The number of aliphatic imine (C=N–C) groups is 2. The molecule has 3 amide bonds. The van der Waals surface area contributed by atoms with Crippen LogP contribution in [0.15, 0.2) is 33.7 Å². The molecule has 2 rings (SSSR count). The van der Waals surface area contributed by atoms with Gasteiger partial charge in [0.15, 0.2) is 18.0 Å². The van der Waals surface area contributed by atoms with Crippen LogP contribution >= 0.6 is 0 Å². The van der Waals surface area contributed by atoms with Gasteiger partial charge in [0.05, 0.1) is 77.6 Å². The highest BCUT2D eigenvalue weighted by Gasteiger charge is 2.46. The molecule has 0 bridgehead atoms. The number of aliphatic carboxylic acids is 2. The molecule has 0 spiro atoms. The van der Waals surface area contributed by atoms with Crippen molar-refractivity contribution in [2.45, 2.75) is 108 Å². The van der Waals surface area contributed by atoms with E-state index in [1.165, 1.54) is 13.0 Å². The lowest BCUT2D eigenvalue weighted by Gasteiger charge is -2.40. The summed E-state index contributed by atoms with van der Waals surface area (Å²) in [7, 11) is 0. The number of carboxylic acids is 2. The van der Waals surface area contributed by atoms with Gasteiger partial charge in [-0.15, -0.1) is 0 Å². The number of hydrogen-bond acceptors (Lipinski definition) is 20. The zero-order valence-corrected chi connectivity index (χ0v) is 43.1. The summed E-state index contributed by atoms with van der Waals surface area (Å²) in [5.41, 5.74) is 22.2. The number of carbonyl (C=O) groups excluding carboxylic acids is 3. The predicted octanol–water partition coefficient (Wildman–Crippen LogP) is -4.81. The number of nitrogens with zero attached hydrogens (tertiary/aromatic N) is 3. The molecule has 0 radical (unpaired) electrons. The number of aliphatic hydroxyl groups excluding tert-OH is 4. The molecule has 75 heavy (non-hydrogen) atoms. The minimum absolute atomic E-state index is 0.226. The van der Waals surface area contributed by atoms with E-state index in [4.69, 9.17) is 60.8 Å². The summed E-state index contributed by atoms with van der Waals surface area (Å²) in [6, 6.07) is -3.22. The van der Waals surface area contributed by atoms with Gasteiger partial charge in [-0.25, -0.2) is 19.6 Å². The Kier molecular flexibility index (Phi) is 32.6. The van der Waals surface area contributed by atoms with Gasteiger partial charge >= 0.3 is 11.9 Å². The Hall–Kier alpha value is -5.47. The second-order valence-corrected chi connectivity index (χ2v) is 17.5. The molecule has 29 heteroatoms. The summed E-state index contributed by atoms with van der Waals surface area (Å²) in [6.07, 6.45) is -3.13. The van der Waals surface area contributed by atoms with E-state index in [2.05, 4.69) is 30.8 Å². The molecule has 0 aromatic heterocycles. The van der Waals surface area contributed by atoms with Crippen molar-refractivity contribution in [2.75, 3.05) is 112 Å². The van der Waals surface area contributed by atoms with E-state index in [1.807, 2.05) is 6.92 Å². The summed E-state index contributed by atoms with van der Waals surface area (Å²) >= 11 is 0. The van der Waals surface area contributed by atoms with Gasteiger partial charge in [-0.05, 0) is 57.3 Å². The summed E-state index contributed by atoms with van der Waals surface area (Å²) in [4.78, 5) is 71.9. The van der Waals surface area contributed by atoms with Crippen LogP contribution < -0.4 is 38.9 Å². The third kappa shape index (κ3) is 26.2. The van der Waals surface area contributed by atoms with E-state index in [1.54, 1.807) is 6.92 Å². The molecule has 29 nitrogen and oxygen atoms in total. The van der Waals surface area contributed by atoms with Crippen molar-refractivity contribution < 1.29 is 92.5 Å². The number of amides is 3. The lowest BCUT2D eigenvalue weighted by Crippen LogP contribution is -2.60. The highest BCUT2D eigenvalue weighted by Crippen LogP contribution is 2.31. The first kappa shape index (κ1) is 65.6. The molecule has 0 aromatic rings. The first-order chi connectivity index (χ1) is 35.8. The number of nitrogens with two attached hydrogens (primary N) is 4. The molecule has 10 atom stereocenters. The van der Waals surface area contributed by atoms with Crippen LogP contribution in [0.3, 0.4) is 0 Å². The van der Waals surface area contributed by atoms with Gasteiger partial charge in [0.25, 0.3) is 0 Å². The number of guanidine groups is 2. The molecule has 0 unspecified atom stereocenters. The van der Waals surface area contributed by atoms with Gasteiger partial charge in [-0.1, -0.05) is 13.8 Å². The lowest BCUT2D eigenvalue weighted by molar-refractivity contribution is -0.160. The fourth-order valence-corrected chi connectivity index (χ4v) is 7.72. The number of carbonyl (C=O) groups is 5. The third-order valence-electron chi connectivity index (χ3n) is 11.4. The third-order valence-corrected chi connectivity index (χ3v) is 11.4. The largest absolute Gasteiger partial charge is 0.480 e. The van der Waals surface area contributed by atoms with Crippen LogP contribution in [0.2, 0.25) is 0 Å². The number of aliphatic hydroxyl groups is 4. The molecule has 2 aliphatic rings. The first-order valence-corrected chi connectivity index (χ1v) is 24.9. The van der Waals surface area contributed by atoms with E-state index in [-0.39, 0.29) is 19.0 Å². The number of rotatable bonds is 41. The van der Waals surface area contributed by atoms with Crippen molar-refractivity contribution >= 4 is 41.6 Å². The average Bonchev–Trinajstić information content (AvgIpc) is 3.35. The fourth-order valence-electron chi connectivity index (χ4n) is 7.72. The topological polar surface area (TPSA) is 449 Å². The molecule has 0 aliphatic carbocycles. The van der Waals surface area contributed by atoms with Gasteiger partial charge in [0.1, 0.15) is 43.7 Å². The van der Waals surface area contributed by atoms with Crippen molar-refractivity contribution in [1.82, 2.24) is 20.9 Å². The zero-order chi connectivity index (χ0) is 55.7. The van der Waals surface area contributed by atoms with Gasteiger partial charge in [0.2, 0.25) is 29.2 Å². The average molecular weight is 1080 g/mol. The maximum Gasteiger partial charge on any atom is 0.370 e. The molecule has 0 saturated heterocycles. The second-order valence-electron chi connectivity index (χ2n) is 17.5. The van der Waals surface area contributed by atoms with Crippen LogP contribution in [-0.4, -0.2) is 244 Å². The Balaban J connectivity index is 1.96. The number of hydrogen-bond donors (Lipinski definition) is 13. The van der Waals surface area contributed by atoms with Crippen LogP contribution in [0.25, 0.3) is 0 Å². The molecule has 17 N–H and O–H groups in total. The van der Waals surface area contributed by atoms with Gasteiger partial charge in [-0.2, -0.15) is 0 Å². The number of unbranched alkanes of at least 4 members (excludes halogenated alkanes) is 2. The minimum atomic E-state index is -1.70. The fraction of sp³-hybridized carbons (Fsp3) is 0.761. The van der Waals surface area contributed by atoms with Crippen molar-refractivity contribution in [1.29, 1.82) is 0 Å². The van der Waals surface area contributed by atoms with Gasteiger partial charge in [-0.3, -0.25) is 14.4 Å². The number of ether oxygens (including phenoxy) is 8. The Labute approximate surface area is 436 Å². The highest BCUT2D eigenvalue weighted by molar-refractivity contribution is 5.86. The summed E-state index contributed by atoms with van der Waals surface area (Å²) < 4.78 is 44.9. The van der Waals surface area contributed by atoms with Gasteiger partial charge < -0.3 is 112 Å². The molecule has 0 saturated carbocycles. The molecular weight excluding hydrogens is 997 g/mol. The minimum Gasteiger partial charge on any atom is -0.480 e. The first-order valence-electron chi connectivity index (χ1n) is 24.9. The maximum atomic E-state index is 13.0. The van der Waals surface area contributed by atoms with Crippen LogP contribution in [0, 0.1) is 5.92 Å². The van der Waals surface area contributed by atoms with Crippen LogP contribution in [0.4, 0.5) is 0 Å². The molecule has 2 aliphatic heterocycles. The summed E-state index contributed by atoms with van der Waals surface area (Å²) in [6.45, 7) is 7.94. The summed E-state index contributed by atoms with van der Waals surface area (Å²) in [5, 5.41) is 68.3. The van der Waals surface area contributed by atoms with Crippen molar-refractivity contribution in [3.8, 4) is 0 Å². The van der Waals surface area contributed by atoms with Crippen molar-refractivity contribution in [2.24, 2.45) is 38.8 Å². The molecule has 2 heterocycles. The SMILES string of the molecule is CCCOCCOCCOCCOCCN(CCCCNC(=O)CO[C@@H]([C@@H]1OC(C(=O)O)=C[C@H](N=C(N)N)[C@H]1C)[C@H](O)CO)CCCCNC(=O)CO[C@@H]([C@@H]1OC(C(=O)O)=C[C@H](N=C(N)N)[C@H]1NC(C)=O)[C@H](O)CO. The molecular formula is C46H82N10O19. The number of carboxylic acid groups (broad SMARTS) is 2. The van der Waals surface area contributed by atoms with Gasteiger partial charge in [0, 0.05) is 39.1 Å². The maximum absolute atomic E-state index is 13.0. The van der Waals surface area contributed by atoms with E-state index >= 15 is 0 Å². The molecule has 0 aromatic carbocycles. The summed E-state index contributed by atoms with van der Waals surface area (Å²) in [5.74, 6) is -7.12. The second kappa shape index (κ2) is 37.3. The zero-order valence-electron chi connectivity index (χ0n) is 43.1. The lowest BCUT2D eigenvalue weighted by atomic mass is 9.87. The van der Waals surface area contributed by atoms with Crippen molar-refractivity contribution in [3.63, 3.8) is 0 Å². The standard InChI is InChI=1S/C46H82N10O19/c1-4-14-68-16-18-70-20-21-71-19-17-69-15-13-56(11-7-5-9-51-36(62)26-72-40(32(60)24-57)39-28(2)30(54-45(47)48)22-34(74-39)43(64)65)12-8-6-10-52-37(63)27-73-41(33(61)25-58)42-38(53-29(3)59)31(55-46(49)50)23-35(75-42)44(66)67/h22-23,28,30-33,38-42,57-58,60-61H,4-21,24-27H2,1-3H3,(H,51,62)(H,52,63)(H,53,59)(H,64,65)(H,66,67)(H4,47,48,54)(H4,49,50,55)/t28-,30+,31+,32-,33-,38-,39-,40-,41-,42-/m1/s1. The van der Waals surface area contributed by atoms with E-state index in [9.17, 15) is 54.6 Å². The van der Waals surface area contributed by atoms with Crippen LogP contribution in [0.5, 0.6) is 0 Å². The molecule has 430 valence electrons. The predicted molar refractivity (Wildman–Crippen MR) is 267 cm³/mol. The van der Waals surface area contributed by atoms with Crippen LogP contribution in [0.1, 0.15) is 52.9 Å². The molecule has 0 fully saturated rings. The highest BCUT2D eigenvalue weighted by atomic mass is 16.6. The Bertz CT molecular complexity index is 1840. The van der Waals surface area contributed by atoms with E-state index in [0.29, 0.717) is 98.2 Å². The number of nitrogens with one attached hydrogen (secondary N) is 3. The monoisotopic (exact) mass is 1080 g/mol. The Morgan fingerprint density at radius 3 is 1.52 bits per heavy atom. The van der Waals surface area contributed by atoms with Crippen molar-refractivity contribution in [3.05, 3.63) is 23.7 Å². The Morgan fingerprint density at radius 1 is 0.653 bits per heavy atom.